The molecule has 3 rings (SSSR count). The molecule has 4 nitrogen and oxygen atoms in total. The van der Waals surface area contributed by atoms with Gasteiger partial charge in [0.1, 0.15) is 5.71 Å². The summed E-state index contributed by atoms with van der Waals surface area (Å²) in [6.45, 7) is 0. The van der Waals surface area contributed by atoms with Gasteiger partial charge in [-0.1, -0.05) is 71.0 Å². The van der Waals surface area contributed by atoms with E-state index in [2.05, 4.69) is 10.3 Å². The van der Waals surface area contributed by atoms with Gasteiger partial charge < -0.3 is 10.0 Å². The molecule has 0 radical (unpaired) electrons. The second-order valence-electron chi connectivity index (χ2n) is 4.19. The quantitative estimate of drug-likeness (QED) is 0.659. The van der Waals surface area contributed by atoms with Gasteiger partial charge in [0.25, 0.3) is 0 Å². The van der Waals surface area contributed by atoms with Crippen LogP contribution >= 0.6 is 0 Å². The fourth-order valence-electron chi connectivity index (χ4n) is 2.07. The van der Waals surface area contributed by atoms with Crippen LogP contribution in [-0.4, -0.2) is 16.6 Å². The molecule has 0 spiro atoms. The lowest BCUT2D eigenvalue weighted by Gasteiger charge is -2.08. The molecule has 1 N–H and O–H groups in total. The first kappa shape index (κ1) is 11.5. The number of oxime groups is 2. The molecule has 1 aliphatic rings. The molecule has 0 saturated heterocycles. The van der Waals surface area contributed by atoms with Gasteiger partial charge in [0.15, 0.2) is 11.8 Å². The van der Waals surface area contributed by atoms with Gasteiger partial charge >= 0.3 is 0 Å². The molecule has 4 heteroatoms. The maximum absolute atomic E-state index is 9.26. The highest BCUT2D eigenvalue weighted by Gasteiger charge is 2.32. The number of rotatable bonds is 2. The van der Waals surface area contributed by atoms with Crippen LogP contribution < -0.4 is 0 Å². The number of benzene rings is 2. The molecule has 19 heavy (non-hydrogen) atoms. The summed E-state index contributed by atoms with van der Waals surface area (Å²) in [6, 6.07) is 19.1. The Morgan fingerprint density at radius 2 is 1.58 bits per heavy atom. The first-order valence-corrected chi connectivity index (χ1v) is 5.96. The van der Waals surface area contributed by atoms with Crippen molar-refractivity contribution in [3.63, 3.8) is 0 Å². The highest BCUT2D eigenvalue weighted by atomic mass is 16.6. The van der Waals surface area contributed by atoms with Gasteiger partial charge in [-0.05, 0) is 0 Å². The average Bonchev–Trinajstić information content (AvgIpc) is 2.93. The van der Waals surface area contributed by atoms with Gasteiger partial charge in [0.05, 0.1) is 0 Å². The van der Waals surface area contributed by atoms with Crippen molar-refractivity contribution in [2.75, 3.05) is 0 Å². The van der Waals surface area contributed by atoms with Gasteiger partial charge in [-0.3, -0.25) is 0 Å². The normalized spacial score (nSPS) is 20.1. The third kappa shape index (κ3) is 2.08. The fourth-order valence-corrected chi connectivity index (χ4v) is 2.07. The summed E-state index contributed by atoms with van der Waals surface area (Å²) in [7, 11) is 0. The minimum atomic E-state index is -0.457. The third-order valence-corrected chi connectivity index (χ3v) is 3.00. The minimum Gasteiger partial charge on any atom is -0.410 e. The lowest BCUT2D eigenvalue weighted by Crippen LogP contribution is -2.18. The predicted octanol–water partition coefficient (Wildman–Crippen LogP) is 2.99. The molecule has 1 unspecified atom stereocenters. The Labute approximate surface area is 110 Å². The Balaban J connectivity index is 1.95. The van der Waals surface area contributed by atoms with Crippen LogP contribution in [0.1, 0.15) is 17.2 Å². The molecule has 0 aliphatic carbocycles. The van der Waals surface area contributed by atoms with Crippen molar-refractivity contribution >= 4 is 11.4 Å². The topological polar surface area (TPSA) is 54.2 Å². The van der Waals surface area contributed by atoms with Crippen LogP contribution in [0, 0.1) is 0 Å². The number of hydrogen-bond donors (Lipinski definition) is 1. The van der Waals surface area contributed by atoms with Crippen LogP contribution in [0.25, 0.3) is 0 Å². The molecule has 0 aromatic heterocycles. The van der Waals surface area contributed by atoms with Gasteiger partial charge in [0, 0.05) is 11.1 Å². The zero-order valence-electron chi connectivity index (χ0n) is 10.1. The van der Waals surface area contributed by atoms with E-state index in [9.17, 15) is 5.21 Å². The van der Waals surface area contributed by atoms with E-state index in [1.54, 1.807) is 0 Å². The summed E-state index contributed by atoms with van der Waals surface area (Å²) in [5.74, 6) is 0. The maximum Gasteiger partial charge on any atom is 0.200 e. The zero-order chi connectivity index (χ0) is 13.1. The monoisotopic (exact) mass is 252 g/mol. The SMILES string of the molecule is ON=C1C(c2ccccc2)=NOC1c1ccccc1. The molecule has 2 aromatic rings. The summed E-state index contributed by atoms with van der Waals surface area (Å²) in [4.78, 5) is 5.41. The molecule has 1 heterocycles. The summed E-state index contributed by atoms with van der Waals surface area (Å²) < 4.78 is 0. The minimum absolute atomic E-state index is 0.428. The van der Waals surface area contributed by atoms with Crippen LogP contribution in [0.2, 0.25) is 0 Å². The van der Waals surface area contributed by atoms with Crippen LogP contribution in [0.15, 0.2) is 71.0 Å². The molecular formula is C15H12N2O2. The van der Waals surface area contributed by atoms with E-state index >= 15 is 0 Å². The van der Waals surface area contributed by atoms with Gasteiger partial charge in [-0.15, -0.1) is 0 Å². The van der Waals surface area contributed by atoms with Gasteiger partial charge in [0.2, 0.25) is 0 Å². The summed E-state index contributed by atoms with van der Waals surface area (Å²) in [6.07, 6.45) is -0.457. The van der Waals surface area contributed by atoms with Crippen molar-refractivity contribution in [3.05, 3.63) is 71.8 Å². The Kier molecular flexibility index (Phi) is 2.98. The molecule has 0 bridgehead atoms. The lowest BCUT2D eigenvalue weighted by atomic mass is 9.98. The van der Waals surface area contributed by atoms with E-state index in [1.807, 2.05) is 60.7 Å². The first-order valence-electron chi connectivity index (χ1n) is 5.96. The van der Waals surface area contributed by atoms with Crippen molar-refractivity contribution in [1.82, 2.24) is 0 Å². The first-order chi connectivity index (χ1) is 9.40. The highest BCUT2D eigenvalue weighted by Crippen LogP contribution is 2.27. The number of nitrogens with zero attached hydrogens (tertiary/aromatic N) is 2. The molecular weight excluding hydrogens is 240 g/mol. The summed E-state index contributed by atoms with van der Waals surface area (Å²) in [5, 5.41) is 16.7. The van der Waals surface area contributed by atoms with E-state index in [0.717, 1.165) is 11.1 Å². The average molecular weight is 252 g/mol. The summed E-state index contributed by atoms with van der Waals surface area (Å²) in [5.41, 5.74) is 2.77. The molecule has 2 aromatic carbocycles. The van der Waals surface area contributed by atoms with E-state index < -0.39 is 6.10 Å². The van der Waals surface area contributed by atoms with Gasteiger partial charge in [-0.25, -0.2) is 0 Å². The second-order valence-corrected chi connectivity index (χ2v) is 4.19. The van der Waals surface area contributed by atoms with Crippen molar-refractivity contribution in [3.8, 4) is 0 Å². The number of hydrogen-bond acceptors (Lipinski definition) is 4. The van der Waals surface area contributed by atoms with Crippen LogP contribution in [0.4, 0.5) is 0 Å². The third-order valence-electron chi connectivity index (χ3n) is 3.00. The summed E-state index contributed by atoms with van der Waals surface area (Å²) >= 11 is 0. The Morgan fingerprint density at radius 3 is 2.21 bits per heavy atom. The largest absolute Gasteiger partial charge is 0.410 e. The van der Waals surface area contributed by atoms with Crippen LogP contribution in [-0.2, 0) is 4.84 Å². The van der Waals surface area contributed by atoms with Crippen molar-refractivity contribution in [2.24, 2.45) is 10.3 Å². The Morgan fingerprint density at radius 1 is 0.947 bits per heavy atom. The molecule has 1 aliphatic heterocycles. The standard InChI is InChI=1S/C15H12N2O2/c18-16-14-13(11-7-3-1-4-8-11)17-19-15(14)12-9-5-2-6-10-12/h1-10,15,18H. The zero-order valence-corrected chi connectivity index (χ0v) is 10.1. The van der Waals surface area contributed by atoms with E-state index in [0.29, 0.717) is 11.4 Å². The molecule has 0 saturated carbocycles. The predicted molar refractivity (Wildman–Crippen MR) is 72.5 cm³/mol. The van der Waals surface area contributed by atoms with E-state index in [1.165, 1.54) is 0 Å². The van der Waals surface area contributed by atoms with E-state index in [4.69, 9.17) is 4.84 Å². The van der Waals surface area contributed by atoms with Gasteiger partial charge in [-0.2, -0.15) is 0 Å². The van der Waals surface area contributed by atoms with Crippen molar-refractivity contribution < 1.29 is 10.0 Å². The Bertz CT molecular complexity index is 621. The fraction of sp³-hybridized carbons (Fsp3) is 0.0667. The highest BCUT2D eigenvalue weighted by molar-refractivity contribution is 6.50. The van der Waals surface area contributed by atoms with Crippen LogP contribution in [0.3, 0.4) is 0 Å². The second kappa shape index (κ2) is 4.94. The van der Waals surface area contributed by atoms with Crippen molar-refractivity contribution in [1.29, 1.82) is 0 Å². The van der Waals surface area contributed by atoms with Crippen LogP contribution in [0.5, 0.6) is 0 Å². The van der Waals surface area contributed by atoms with E-state index in [-0.39, 0.29) is 0 Å². The molecule has 0 amide bonds. The molecule has 1 atom stereocenters. The Hall–Kier alpha value is -2.62. The molecule has 0 fully saturated rings. The molecule has 94 valence electrons. The maximum atomic E-state index is 9.26. The smallest absolute Gasteiger partial charge is 0.200 e. The van der Waals surface area contributed by atoms with Crippen molar-refractivity contribution in [2.45, 2.75) is 6.10 Å². The lowest BCUT2D eigenvalue weighted by molar-refractivity contribution is 0.117.